The first-order valence-electron chi connectivity index (χ1n) is 2.48. The smallest absolute Gasteiger partial charge is 0.210 e. The lowest BCUT2D eigenvalue weighted by atomic mass is 10.5. The lowest BCUT2D eigenvalue weighted by Gasteiger charge is -2.08. The van der Waals surface area contributed by atoms with Crippen LogP contribution < -0.4 is 0 Å². The molecule has 0 saturated carbocycles. The van der Waals surface area contributed by atoms with E-state index in [2.05, 4.69) is 5.92 Å². The number of rotatable bonds is 3. The fraction of sp³-hybridized carbons (Fsp3) is 0.500. The summed E-state index contributed by atoms with van der Waals surface area (Å²) in [6.07, 6.45) is 5.68. The van der Waals surface area contributed by atoms with Gasteiger partial charge in [0.25, 0.3) is 0 Å². The lowest BCUT2D eigenvalue weighted by Crippen LogP contribution is -2.21. The summed E-state index contributed by atoms with van der Waals surface area (Å²) in [5, 5.41) is 0. The Morgan fingerprint density at radius 1 is 1.88 bits per heavy atom. The third-order valence-electron chi connectivity index (χ3n) is 0.850. The predicted molar refractivity (Wildman–Crippen MR) is 32.1 cm³/mol. The summed E-state index contributed by atoms with van der Waals surface area (Å²) in [4.78, 5) is 11.5. The highest BCUT2D eigenvalue weighted by Crippen LogP contribution is 1.76. The van der Waals surface area contributed by atoms with Crippen LogP contribution >= 0.6 is 0 Å². The first-order chi connectivity index (χ1) is 3.85. The van der Waals surface area contributed by atoms with Crippen molar-refractivity contribution < 1.29 is 4.79 Å². The summed E-state index contributed by atoms with van der Waals surface area (Å²) in [5.74, 6) is 2.36. The largest absolute Gasteiger partial charge is 0.334 e. The highest BCUT2D eigenvalue weighted by Gasteiger charge is 1.89. The quantitative estimate of drug-likeness (QED) is 0.373. The Morgan fingerprint density at radius 3 is 2.62 bits per heavy atom. The predicted octanol–water partition coefficient (Wildman–Crippen LogP) is 0.0979. The zero-order chi connectivity index (χ0) is 6.41. The molecule has 1 amide bonds. The molecule has 2 nitrogen and oxygen atoms in total. The van der Waals surface area contributed by atoms with Gasteiger partial charge in [-0.15, -0.1) is 6.42 Å². The molecule has 0 bridgehead atoms. The SMILES string of the molecule is C#CCN(C=O)CC. The number of carbonyl (C=O) groups is 1. The average molecular weight is 111 g/mol. The fourth-order valence-electron chi connectivity index (χ4n) is 0.341. The normalized spacial score (nSPS) is 7.50. The van der Waals surface area contributed by atoms with E-state index in [4.69, 9.17) is 6.42 Å². The summed E-state index contributed by atoms with van der Waals surface area (Å²) in [5.41, 5.74) is 0. The molecule has 0 spiro atoms. The molecule has 0 radical (unpaired) electrons. The Kier molecular flexibility index (Phi) is 3.69. The molecule has 0 rings (SSSR count). The van der Waals surface area contributed by atoms with Gasteiger partial charge < -0.3 is 4.90 Å². The van der Waals surface area contributed by atoms with Gasteiger partial charge in [-0.2, -0.15) is 0 Å². The second kappa shape index (κ2) is 4.20. The lowest BCUT2D eigenvalue weighted by molar-refractivity contribution is -0.117. The maximum Gasteiger partial charge on any atom is 0.210 e. The minimum Gasteiger partial charge on any atom is -0.334 e. The van der Waals surface area contributed by atoms with Crippen LogP contribution in [0.1, 0.15) is 6.92 Å². The summed E-state index contributed by atoms with van der Waals surface area (Å²) in [6.45, 7) is 2.99. The Bertz CT molecular complexity index is 104. The number of nitrogens with zero attached hydrogens (tertiary/aromatic N) is 1. The van der Waals surface area contributed by atoms with Crippen molar-refractivity contribution in [1.29, 1.82) is 0 Å². The molecule has 0 unspecified atom stereocenters. The number of terminal acetylenes is 1. The van der Waals surface area contributed by atoms with Gasteiger partial charge in [0.15, 0.2) is 0 Å². The molecule has 0 heterocycles. The van der Waals surface area contributed by atoms with Gasteiger partial charge in [-0.25, -0.2) is 0 Å². The Balaban J connectivity index is 3.40. The van der Waals surface area contributed by atoms with Gasteiger partial charge >= 0.3 is 0 Å². The van der Waals surface area contributed by atoms with Crippen LogP contribution in [-0.4, -0.2) is 24.4 Å². The van der Waals surface area contributed by atoms with Gasteiger partial charge in [0, 0.05) is 6.54 Å². The summed E-state index contributed by atoms with van der Waals surface area (Å²) < 4.78 is 0. The first-order valence-corrected chi connectivity index (χ1v) is 2.48. The van der Waals surface area contributed by atoms with E-state index in [1.165, 1.54) is 4.90 Å². The van der Waals surface area contributed by atoms with Crippen LogP contribution in [0.25, 0.3) is 0 Å². The van der Waals surface area contributed by atoms with E-state index in [1.807, 2.05) is 6.92 Å². The molecule has 0 atom stereocenters. The molecule has 44 valence electrons. The van der Waals surface area contributed by atoms with Gasteiger partial charge in [-0.3, -0.25) is 4.79 Å². The van der Waals surface area contributed by atoms with Crippen molar-refractivity contribution in [3.05, 3.63) is 0 Å². The van der Waals surface area contributed by atoms with Crippen molar-refractivity contribution in [2.75, 3.05) is 13.1 Å². The highest BCUT2D eigenvalue weighted by molar-refractivity contribution is 5.47. The average Bonchev–Trinajstić information content (AvgIpc) is 1.83. The van der Waals surface area contributed by atoms with Crippen LogP contribution in [0.5, 0.6) is 0 Å². The van der Waals surface area contributed by atoms with E-state index >= 15 is 0 Å². The van der Waals surface area contributed by atoms with Gasteiger partial charge in [0.05, 0.1) is 6.54 Å². The molecular weight excluding hydrogens is 102 g/mol. The summed E-state index contributed by atoms with van der Waals surface area (Å²) in [6, 6.07) is 0. The van der Waals surface area contributed by atoms with E-state index in [-0.39, 0.29) is 0 Å². The standard InChI is InChI=1S/C6H9NO/c1-3-5-7(4-2)6-8/h1,6H,4-5H2,2H3. The monoisotopic (exact) mass is 111 g/mol. The Hall–Kier alpha value is -0.970. The number of amides is 1. The van der Waals surface area contributed by atoms with E-state index in [1.54, 1.807) is 0 Å². The van der Waals surface area contributed by atoms with Crippen molar-refractivity contribution >= 4 is 6.41 Å². The first kappa shape index (κ1) is 7.03. The molecular formula is C6H9NO. The van der Waals surface area contributed by atoms with E-state index < -0.39 is 0 Å². The fourth-order valence-corrected chi connectivity index (χ4v) is 0.341. The Morgan fingerprint density at radius 2 is 2.50 bits per heavy atom. The summed E-state index contributed by atoms with van der Waals surface area (Å²) >= 11 is 0. The van der Waals surface area contributed by atoms with Crippen molar-refractivity contribution in [1.82, 2.24) is 4.90 Å². The van der Waals surface area contributed by atoms with Gasteiger partial charge in [0.2, 0.25) is 6.41 Å². The molecule has 0 aliphatic heterocycles. The van der Waals surface area contributed by atoms with E-state index in [0.717, 1.165) is 6.41 Å². The zero-order valence-electron chi connectivity index (χ0n) is 4.92. The molecule has 0 aliphatic rings. The Labute approximate surface area is 49.5 Å². The van der Waals surface area contributed by atoms with Crippen molar-refractivity contribution in [3.8, 4) is 12.3 Å². The maximum absolute atomic E-state index is 9.96. The van der Waals surface area contributed by atoms with Crippen molar-refractivity contribution in [2.45, 2.75) is 6.92 Å². The third-order valence-corrected chi connectivity index (χ3v) is 0.850. The number of carbonyl (C=O) groups excluding carboxylic acids is 1. The molecule has 2 heteroatoms. The molecule has 0 N–H and O–H groups in total. The van der Waals surface area contributed by atoms with Crippen LogP contribution in [0.3, 0.4) is 0 Å². The van der Waals surface area contributed by atoms with Crippen LogP contribution in [0, 0.1) is 12.3 Å². The molecule has 8 heavy (non-hydrogen) atoms. The highest BCUT2D eigenvalue weighted by atomic mass is 16.1. The second-order valence-corrected chi connectivity index (χ2v) is 1.37. The molecule has 0 fully saturated rings. The molecule has 0 aromatic rings. The topological polar surface area (TPSA) is 20.3 Å². The third kappa shape index (κ3) is 2.25. The van der Waals surface area contributed by atoms with Gasteiger partial charge in [-0.1, -0.05) is 5.92 Å². The molecule has 0 aliphatic carbocycles. The number of hydrogen-bond acceptors (Lipinski definition) is 1. The van der Waals surface area contributed by atoms with Gasteiger partial charge in [-0.05, 0) is 6.92 Å². The summed E-state index contributed by atoms with van der Waals surface area (Å²) in [7, 11) is 0. The van der Waals surface area contributed by atoms with Crippen LogP contribution in [0.4, 0.5) is 0 Å². The zero-order valence-corrected chi connectivity index (χ0v) is 4.92. The van der Waals surface area contributed by atoms with E-state index in [0.29, 0.717) is 13.1 Å². The van der Waals surface area contributed by atoms with E-state index in [9.17, 15) is 4.79 Å². The second-order valence-electron chi connectivity index (χ2n) is 1.37. The molecule has 0 saturated heterocycles. The number of hydrogen-bond donors (Lipinski definition) is 0. The van der Waals surface area contributed by atoms with Crippen molar-refractivity contribution in [2.24, 2.45) is 0 Å². The minimum absolute atomic E-state index is 0.417. The van der Waals surface area contributed by atoms with Gasteiger partial charge in [0.1, 0.15) is 0 Å². The maximum atomic E-state index is 9.96. The molecule has 0 aromatic heterocycles. The minimum atomic E-state index is 0.417. The van der Waals surface area contributed by atoms with Crippen LogP contribution in [0.15, 0.2) is 0 Å². The molecule has 0 aromatic carbocycles. The van der Waals surface area contributed by atoms with Crippen LogP contribution in [-0.2, 0) is 4.79 Å². The van der Waals surface area contributed by atoms with Crippen molar-refractivity contribution in [3.63, 3.8) is 0 Å². The van der Waals surface area contributed by atoms with Crippen LogP contribution in [0.2, 0.25) is 0 Å².